The van der Waals surface area contributed by atoms with Crippen LogP contribution >= 0.6 is 0 Å². The third-order valence-corrected chi connectivity index (χ3v) is 5.72. The molecule has 3 rings (SSSR count). The number of rotatable bonds is 8. The molecule has 0 aliphatic heterocycles. The summed E-state index contributed by atoms with van der Waals surface area (Å²) in [5.74, 6) is -1.19. The summed E-state index contributed by atoms with van der Waals surface area (Å²) in [6.45, 7) is 1.00. The Bertz CT molecular complexity index is 1100. The summed E-state index contributed by atoms with van der Waals surface area (Å²) in [6.07, 6.45) is 2.42. The average molecular weight is 400 g/mol. The number of sulfonamides is 1. The Hall–Kier alpha value is -2.97. The first-order valence-corrected chi connectivity index (χ1v) is 10.2. The molecule has 0 saturated heterocycles. The van der Waals surface area contributed by atoms with E-state index in [1.165, 1.54) is 12.1 Å². The van der Waals surface area contributed by atoms with Gasteiger partial charge in [0.2, 0.25) is 15.8 Å². The van der Waals surface area contributed by atoms with Crippen LogP contribution < -0.4 is 4.72 Å². The highest BCUT2D eigenvalue weighted by molar-refractivity contribution is 7.89. The van der Waals surface area contributed by atoms with Crippen molar-refractivity contribution in [3.05, 3.63) is 65.9 Å². The molecular formula is C20H20N2O5S. The van der Waals surface area contributed by atoms with Gasteiger partial charge in [-0.2, -0.15) is 4.72 Å². The minimum Gasteiger partial charge on any atom is -0.456 e. The molecule has 0 bridgehead atoms. The SMILES string of the molecule is CCc1cccc2c(C(=O)COC(=O)CNS(=O)(=O)c3ccccc3)c[nH]c12. The van der Waals surface area contributed by atoms with Crippen LogP contribution in [-0.2, 0) is 26.0 Å². The summed E-state index contributed by atoms with van der Waals surface area (Å²) < 4.78 is 31.3. The van der Waals surface area contributed by atoms with E-state index in [1.54, 1.807) is 24.4 Å². The van der Waals surface area contributed by atoms with Gasteiger partial charge in [-0.05, 0) is 24.1 Å². The number of para-hydroxylation sites is 1. The van der Waals surface area contributed by atoms with E-state index in [0.29, 0.717) is 5.56 Å². The molecule has 0 amide bonds. The van der Waals surface area contributed by atoms with Crippen molar-refractivity contribution in [3.8, 4) is 0 Å². The molecular weight excluding hydrogens is 380 g/mol. The van der Waals surface area contributed by atoms with Gasteiger partial charge in [0.25, 0.3) is 0 Å². The molecule has 0 spiro atoms. The summed E-state index contributed by atoms with van der Waals surface area (Å²) in [4.78, 5) is 27.4. The van der Waals surface area contributed by atoms with E-state index >= 15 is 0 Å². The van der Waals surface area contributed by atoms with Crippen molar-refractivity contribution >= 4 is 32.7 Å². The van der Waals surface area contributed by atoms with Crippen molar-refractivity contribution in [1.29, 1.82) is 0 Å². The molecule has 146 valence electrons. The van der Waals surface area contributed by atoms with Gasteiger partial charge in [0, 0.05) is 22.7 Å². The lowest BCUT2D eigenvalue weighted by Gasteiger charge is -2.07. The number of carbonyl (C=O) groups excluding carboxylic acids is 2. The number of fused-ring (bicyclic) bond motifs is 1. The zero-order valence-electron chi connectivity index (χ0n) is 15.3. The van der Waals surface area contributed by atoms with Gasteiger partial charge in [0.15, 0.2) is 6.61 Å². The Labute approximate surface area is 162 Å². The number of esters is 1. The molecule has 0 radical (unpaired) electrons. The van der Waals surface area contributed by atoms with Gasteiger partial charge in [-0.25, -0.2) is 8.42 Å². The van der Waals surface area contributed by atoms with Crippen LogP contribution in [0, 0.1) is 0 Å². The van der Waals surface area contributed by atoms with E-state index in [1.807, 2.05) is 25.1 Å². The molecule has 0 aliphatic carbocycles. The first-order valence-electron chi connectivity index (χ1n) is 8.75. The fourth-order valence-corrected chi connectivity index (χ4v) is 3.84. The molecule has 0 atom stereocenters. The summed E-state index contributed by atoms with van der Waals surface area (Å²) >= 11 is 0. The summed E-state index contributed by atoms with van der Waals surface area (Å²) in [6, 6.07) is 13.4. The lowest BCUT2D eigenvalue weighted by Crippen LogP contribution is -2.31. The van der Waals surface area contributed by atoms with Gasteiger partial charge in [0.05, 0.1) is 4.90 Å². The summed E-state index contributed by atoms with van der Waals surface area (Å²) in [5.41, 5.74) is 2.40. The molecule has 28 heavy (non-hydrogen) atoms. The molecule has 1 aromatic heterocycles. The largest absolute Gasteiger partial charge is 0.456 e. The smallest absolute Gasteiger partial charge is 0.321 e. The van der Waals surface area contributed by atoms with Gasteiger partial charge in [-0.1, -0.05) is 43.3 Å². The van der Waals surface area contributed by atoms with E-state index < -0.39 is 29.1 Å². The number of hydrogen-bond acceptors (Lipinski definition) is 5. The van der Waals surface area contributed by atoms with Gasteiger partial charge in [-0.15, -0.1) is 0 Å². The van der Waals surface area contributed by atoms with E-state index in [2.05, 4.69) is 9.71 Å². The molecule has 0 aliphatic rings. The van der Waals surface area contributed by atoms with Crippen LogP contribution in [0.4, 0.5) is 0 Å². The number of hydrogen-bond donors (Lipinski definition) is 2. The second kappa shape index (κ2) is 8.37. The fraction of sp³-hybridized carbons (Fsp3) is 0.200. The van der Waals surface area contributed by atoms with E-state index in [4.69, 9.17) is 4.74 Å². The average Bonchev–Trinajstić information content (AvgIpc) is 3.15. The summed E-state index contributed by atoms with van der Waals surface area (Å²) in [7, 11) is -3.81. The van der Waals surface area contributed by atoms with E-state index in [0.717, 1.165) is 22.9 Å². The minimum absolute atomic E-state index is 0.0457. The highest BCUT2D eigenvalue weighted by Gasteiger charge is 2.18. The molecule has 7 nitrogen and oxygen atoms in total. The van der Waals surface area contributed by atoms with Crippen molar-refractivity contribution in [2.45, 2.75) is 18.2 Å². The molecule has 2 aromatic carbocycles. The fourth-order valence-electron chi connectivity index (χ4n) is 2.85. The number of ketones is 1. The van der Waals surface area contributed by atoms with Gasteiger partial charge in [-0.3, -0.25) is 9.59 Å². The van der Waals surface area contributed by atoms with Crippen LogP contribution in [0.5, 0.6) is 0 Å². The van der Waals surface area contributed by atoms with Crippen LogP contribution in [-0.4, -0.2) is 38.3 Å². The van der Waals surface area contributed by atoms with E-state index in [9.17, 15) is 18.0 Å². The topological polar surface area (TPSA) is 105 Å². The number of Topliss-reactive ketones (excluding diaryl/α,β-unsaturated/α-hetero) is 1. The van der Waals surface area contributed by atoms with Gasteiger partial charge in [0.1, 0.15) is 6.54 Å². The lowest BCUT2D eigenvalue weighted by atomic mass is 10.1. The maximum Gasteiger partial charge on any atom is 0.321 e. The third-order valence-electron chi connectivity index (χ3n) is 4.31. The highest BCUT2D eigenvalue weighted by atomic mass is 32.2. The predicted molar refractivity (Wildman–Crippen MR) is 105 cm³/mol. The number of benzene rings is 2. The Morgan fingerprint density at radius 1 is 1.07 bits per heavy atom. The molecule has 0 fully saturated rings. The second-order valence-electron chi connectivity index (χ2n) is 6.12. The number of aromatic amines is 1. The van der Waals surface area contributed by atoms with Gasteiger partial charge < -0.3 is 9.72 Å². The Kier molecular flexibility index (Phi) is 5.91. The molecule has 2 N–H and O–H groups in total. The van der Waals surface area contributed by atoms with Crippen molar-refractivity contribution in [1.82, 2.24) is 9.71 Å². The summed E-state index contributed by atoms with van der Waals surface area (Å²) in [5, 5.41) is 0.769. The predicted octanol–water partition coefficient (Wildman–Crippen LogP) is 2.43. The van der Waals surface area contributed by atoms with Crippen molar-refractivity contribution in [2.75, 3.05) is 13.2 Å². The second-order valence-corrected chi connectivity index (χ2v) is 7.88. The Morgan fingerprint density at radius 3 is 2.54 bits per heavy atom. The van der Waals surface area contributed by atoms with Crippen LogP contribution in [0.3, 0.4) is 0 Å². The highest BCUT2D eigenvalue weighted by Crippen LogP contribution is 2.22. The van der Waals surface area contributed by atoms with Crippen LogP contribution in [0.25, 0.3) is 10.9 Å². The maximum absolute atomic E-state index is 12.4. The molecule has 0 unspecified atom stereocenters. The minimum atomic E-state index is -3.81. The first kappa shape index (κ1) is 19.8. The maximum atomic E-state index is 12.4. The standard InChI is InChI=1S/C20H20N2O5S/c1-2-14-7-6-10-16-17(11-21-20(14)16)18(23)13-27-19(24)12-22-28(25,26)15-8-4-3-5-9-15/h3-11,21-22H,2,12-13H2,1H3. The van der Waals surface area contributed by atoms with Crippen molar-refractivity contribution in [2.24, 2.45) is 0 Å². The van der Waals surface area contributed by atoms with Crippen LogP contribution in [0.2, 0.25) is 0 Å². The molecule has 1 heterocycles. The number of ether oxygens (including phenoxy) is 1. The van der Waals surface area contributed by atoms with Gasteiger partial charge >= 0.3 is 5.97 Å². The monoisotopic (exact) mass is 400 g/mol. The Morgan fingerprint density at radius 2 is 1.82 bits per heavy atom. The number of nitrogens with one attached hydrogen (secondary N) is 2. The normalized spacial score (nSPS) is 11.5. The molecule has 3 aromatic rings. The van der Waals surface area contributed by atoms with Crippen LogP contribution in [0.1, 0.15) is 22.8 Å². The number of aryl methyl sites for hydroxylation is 1. The van der Waals surface area contributed by atoms with E-state index in [-0.39, 0.29) is 10.7 Å². The van der Waals surface area contributed by atoms with Crippen molar-refractivity contribution in [3.63, 3.8) is 0 Å². The third kappa shape index (κ3) is 4.29. The molecule has 8 heteroatoms. The zero-order chi connectivity index (χ0) is 20.1. The lowest BCUT2D eigenvalue weighted by molar-refractivity contribution is -0.141. The van der Waals surface area contributed by atoms with Crippen molar-refractivity contribution < 1.29 is 22.7 Å². The molecule has 0 saturated carbocycles. The first-order chi connectivity index (χ1) is 13.4. The van der Waals surface area contributed by atoms with Crippen LogP contribution in [0.15, 0.2) is 59.6 Å². The number of aromatic nitrogens is 1. The number of carbonyl (C=O) groups is 2. The zero-order valence-corrected chi connectivity index (χ0v) is 16.1. The Balaban J connectivity index is 1.59. The quantitative estimate of drug-likeness (QED) is 0.446. The number of H-pyrrole nitrogens is 1.